The van der Waals surface area contributed by atoms with Gasteiger partial charge in [-0.3, -0.25) is 19.4 Å². The minimum atomic E-state index is -1.74. The molecular formula is C33H42Cl2N6O5. The highest BCUT2D eigenvalue weighted by molar-refractivity contribution is 6.36. The first-order valence-electron chi connectivity index (χ1n) is 16.0. The van der Waals surface area contributed by atoms with Gasteiger partial charge in [0.25, 0.3) is 0 Å². The first kappa shape index (κ1) is 33.0. The minimum Gasteiger partial charge on any atom is -0.481 e. The molecule has 6 rings (SSSR count). The lowest BCUT2D eigenvalue weighted by Crippen LogP contribution is -2.74. The Balaban J connectivity index is 1.42. The summed E-state index contributed by atoms with van der Waals surface area (Å²) in [5, 5.41) is 25.2. The second-order valence-electron chi connectivity index (χ2n) is 13.2. The lowest BCUT2D eigenvalue weighted by Gasteiger charge is -2.55. The third kappa shape index (κ3) is 5.64. The number of fused-ring (bicyclic) bond motifs is 2. The topological polar surface area (TPSA) is 131 Å². The third-order valence-corrected chi connectivity index (χ3v) is 11.7. The van der Waals surface area contributed by atoms with Crippen LogP contribution in [0.4, 0.5) is 0 Å². The number of carbonyl (C=O) groups is 3. The average Bonchev–Trinajstić information content (AvgIpc) is 3.49. The molecule has 3 N–H and O–H groups in total. The van der Waals surface area contributed by atoms with Crippen LogP contribution in [0.15, 0.2) is 41.9 Å². The first-order valence-corrected chi connectivity index (χ1v) is 16.8. The number of Topliss-reactive ketones (excluding diaryl/α,β-unsaturated/α-hetero) is 1. The molecule has 13 heteroatoms. The first-order chi connectivity index (χ1) is 21.9. The van der Waals surface area contributed by atoms with E-state index in [-0.39, 0.29) is 33.3 Å². The summed E-state index contributed by atoms with van der Waals surface area (Å²) in [6.45, 7) is 3.61. The largest absolute Gasteiger partial charge is 0.481 e. The summed E-state index contributed by atoms with van der Waals surface area (Å²) in [6, 6.07) is 6.39. The highest BCUT2D eigenvalue weighted by Gasteiger charge is 2.61. The zero-order chi connectivity index (χ0) is 32.9. The van der Waals surface area contributed by atoms with Crippen LogP contribution in [0.3, 0.4) is 0 Å². The number of carboxylic acid groups (broad SMARTS) is 2. The van der Waals surface area contributed by atoms with Gasteiger partial charge in [0.05, 0.1) is 5.57 Å². The molecule has 4 aliphatic rings. The quantitative estimate of drug-likeness (QED) is 0.363. The maximum Gasteiger partial charge on any atom is 0.333 e. The van der Waals surface area contributed by atoms with Crippen molar-refractivity contribution in [2.45, 2.75) is 75.2 Å². The maximum atomic E-state index is 14.1. The second-order valence-corrected chi connectivity index (χ2v) is 14.0. The van der Waals surface area contributed by atoms with Crippen LogP contribution in [-0.2, 0) is 27.9 Å². The summed E-state index contributed by atoms with van der Waals surface area (Å²) >= 11 is 13.4. The van der Waals surface area contributed by atoms with Crippen LogP contribution >= 0.6 is 23.2 Å². The van der Waals surface area contributed by atoms with Gasteiger partial charge in [-0.15, -0.1) is 0 Å². The van der Waals surface area contributed by atoms with Crippen LogP contribution in [0.25, 0.3) is 0 Å². The van der Waals surface area contributed by atoms with Crippen LogP contribution < -0.4 is 5.32 Å². The van der Waals surface area contributed by atoms with Gasteiger partial charge in [-0.25, -0.2) is 9.78 Å². The molecular weight excluding hydrogens is 631 g/mol. The van der Waals surface area contributed by atoms with E-state index in [0.717, 1.165) is 18.7 Å². The van der Waals surface area contributed by atoms with E-state index in [0.29, 0.717) is 50.7 Å². The number of aryl methyl sites for hydroxylation is 2. The molecule has 5 heterocycles. The standard InChI is InChI=1S/C33H42Cl2N6O5/c1-19(42)33(41-15-13-40(14-16-41)22-17-20-7-8-21(18-22)39(20)3)30(32(45)46)29(27-23(34)5-4-6-24(27)35)28(31(43)44)25(37-33)9-10-26-36-11-12-38(26)2/h4-6,11-12,20-22,29-30,37H,7-10,13-18H2,1-3H3,(H,43,44)(H,45,46)/t20-,21+,22-,29?,30?,33?. The Morgan fingerprint density at radius 1 is 0.978 bits per heavy atom. The Morgan fingerprint density at radius 2 is 1.61 bits per heavy atom. The van der Waals surface area contributed by atoms with Crippen molar-refractivity contribution in [2.75, 3.05) is 33.2 Å². The van der Waals surface area contributed by atoms with Crippen molar-refractivity contribution < 1.29 is 24.6 Å². The van der Waals surface area contributed by atoms with Crippen LogP contribution in [0, 0.1) is 5.92 Å². The maximum absolute atomic E-state index is 14.1. The number of imidazole rings is 1. The van der Waals surface area contributed by atoms with Crippen molar-refractivity contribution in [3.05, 3.63) is 63.3 Å². The molecule has 1 aromatic carbocycles. The molecule has 0 amide bonds. The number of aliphatic carboxylic acids is 2. The number of halogens is 2. The third-order valence-electron chi connectivity index (χ3n) is 11.0. The van der Waals surface area contributed by atoms with E-state index in [1.54, 1.807) is 30.6 Å². The molecule has 0 aliphatic carbocycles. The van der Waals surface area contributed by atoms with E-state index in [2.05, 4.69) is 27.1 Å². The molecule has 11 nitrogen and oxygen atoms in total. The molecule has 46 heavy (non-hydrogen) atoms. The Kier molecular flexibility index (Phi) is 9.26. The number of allylic oxidation sites excluding steroid dienone is 1. The summed E-state index contributed by atoms with van der Waals surface area (Å²) in [4.78, 5) is 52.0. The monoisotopic (exact) mass is 672 g/mol. The fraction of sp³-hybridized carbons (Fsp3) is 0.576. The molecule has 2 aromatic rings. The molecule has 4 aliphatic heterocycles. The summed E-state index contributed by atoms with van der Waals surface area (Å²) in [5.41, 5.74) is -1.43. The second kappa shape index (κ2) is 12.9. The molecule has 0 spiro atoms. The molecule has 3 fully saturated rings. The van der Waals surface area contributed by atoms with Crippen molar-refractivity contribution in [1.82, 2.24) is 29.6 Å². The van der Waals surface area contributed by atoms with E-state index in [4.69, 9.17) is 23.2 Å². The van der Waals surface area contributed by atoms with Crippen LogP contribution in [0.2, 0.25) is 10.0 Å². The number of hydrogen-bond acceptors (Lipinski definition) is 8. The van der Waals surface area contributed by atoms with Crippen molar-refractivity contribution >= 4 is 40.9 Å². The number of rotatable bonds is 9. The van der Waals surface area contributed by atoms with E-state index >= 15 is 0 Å². The predicted molar refractivity (Wildman–Crippen MR) is 174 cm³/mol. The summed E-state index contributed by atoms with van der Waals surface area (Å²) in [7, 11) is 4.07. The number of benzene rings is 1. The van der Waals surface area contributed by atoms with E-state index in [1.807, 2.05) is 16.5 Å². The van der Waals surface area contributed by atoms with Gasteiger partial charge in [0, 0.05) is 91.8 Å². The molecule has 2 bridgehead atoms. The Bertz CT molecular complexity index is 1520. The highest BCUT2D eigenvalue weighted by Crippen LogP contribution is 2.50. The van der Waals surface area contributed by atoms with E-state index in [1.165, 1.54) is 19.8 Å². The number of piperidine rings is 1. The molecule has 3 unspecified atom stereocenters. The van der Waals surface area contributed by atoms with Gasteiger partial charge in [0.2, 0.25) is 0 Å². The molecule has 1 aromatic heterocycles. The average molecular weight is 674 g/mol. The Labute approximate surface area is 279 Å². The number of nitrogens with one attached hydrogen (secondary N) is 1. The van der Waals surface area contributed by atoms with Crippen LogP contribution in [-0.4, -0.2) is 109 Å². The lowest BCUT2D eigenvalue weighted by atomic mass is 9.67. The number of ketones is 1. The summed E-state index contributed by atoms with van der Waals surface area (Å²) in [5.74, 6) is -5.12. The van der Waals surface area contributed by atoms with Crippen molar-refractivity contribution in [1.29, 1.82) is 0 Å². The van der Waals surface area contributed by atoms with Crippen molar-refractivity contribution in [2.24, 2.45) is 13.0 Å². The number of carboxylic acids is 2. The van der Waals surface area contributed by atoms with E-state index in [9.17, 15) is 24.6 Å². The normalized spacial score (nSPS) is 30.8. The van der Waals surface area contributed by atoms with Gasteiger partial charge in [-0.2, -0.15) is 0 Å². The Morgan fingerprint density at radius 3 is 2.13 bits per heavy atom. The van der Waals surface area contributed by atoms with Gasteiger partial charge in [0.15, 0.2) is 11.4 Å². The highest BCUT2D eigenvalue weighted by atomic mass is 35.5. The van der Waals surface area contributed by atoms with Gasteiger partial charge in [-0.1, -0.05) is 29.3 Å². The molecule has 0 radical (unpaired) electrons. The minimum absolute atomic E-state index is 0.145. The number of hydrogen-bond donors (Lipinski definition) is 3. The van der Waals surface area contributed by atoms with Gasteiger partial charge < -0.3 is 25.0 Å². The SMILES string of the molecule is CC(=O)C1(N2CCN([C@@H]3C[C@H]4CC[C@@H](C3)N4C)CC2)NC(CCc2nccn2C)=C(C(=O)O)C(c2c(Cl)cccc2Cl)C1C(=O)O. The molecule has 3 saturated heterocycles. The zero-order valence-electron chi connectivity index (χ0n) is 26.5. The number of nitrogens with zero attached hydrogens (tertiary/aromatic N) is 5. The van der Waals surface area contributed by atoms with Crippen molar-refractivity contribution in [3.63, 3.8) is 0 Å². The molecule has 6 atom stereocenters. The van der Waals surface area contributed by atoms with Crippen LogP contribution in [0.5, 0.6) is 0 Å². The number of carbonyl (C=O) groups excluding carboxylic acids is 1. The summed E-state index contributed by atoms with van der Waals surface area (Å²) in [6.07, 6.45) is 8.68. The molecule has 0 saturated carbocycles. The predicted octanol–water partition coefficient (Wildman–Crippen LogP) is 3.61. The number of aromatic nitrogens is 2. The Hall–Kier alpha value is -2.96. The fourth-order valence-corrected chi connectivity index (χ4v) is 9.30. The van der Waals surface area contributed by atoms with Gasteiger partial charge in [0.1, 0.15) is 11.7 Å². The van der Waals surface area contributed by atoms with Gasteiger partial charge in [-0.05, 0) is 63.8 Å². The zero-order valence-corrected chi connectivity index (χ0v) is 28.0. The fourth-order valence-electron chi connectivity index (χ4n) is 8.67. The lowest BCUT2D eigenvalue weighted by molar-refractivity contribution is -0.161. The number of piperazine rings is 1. The smallest absolute Gasteiger partial charge is 0.333 e. The molecule has 248 valence electrons. The van der Waals surface area contributed by atoms with Gasteiger partial charge >= 0.3 is 11.9 Å². The summed E-state index contributed by atoms with van der Waals surface area (Å²) < 4.78 is 1.85. The van der Waals surface area contributed by atoms with Crippen molar-refractivity contribution in [3.8, 4) is 0 Å². The van der Waals surface area contributed by atoms with Crippen LogP contribution in [0.1, 0.15) is 56.3 Å². The van der Waals surface area contributed by atoms with E-state index < -0.39 is 35.2 Å².